The molecule has 0 aliphatic heterocycles. The van der Waals surface area contributed by atoms with Crippen LogP contribution in [0.15, 0.2) is 84.0 Å². The van der Waals surface area contributed by atoms with E-state index in [1.807, 2.05) is 0 Å². The number of rotatable bonds is 2. The minimum Gasteiger partial charge on any atom is -0.0843 e. The molecule has 0 nitrogen and oxygen atoms in total. The van der Waals surface area contributed by atoms with Crippen LogP contribution < -0.4 is 0 Å². The number of hydrogen-bond donors (Lipinski definition) is 0. The molecule has 35 heavy (non-hydrogen) atoms. The van der Waals surface area contributed by atoms with Crippen molar-refractivity contribution in [3.05, 3.63) is 117 Å². The molecule has 0 spiro atoms. The number of fused-ring (bicyclic) bond motifs is 5. The summed E-state index contributed by atoms with van der Waals surface area (Å²) in [6, 6.07) is 22.2. The molecule has 3 aromatic carbocycles. The van der Waals surface area contributed by atoms with Crippen LogP contribution >= 0.6 is 11.6 Å². The highest BCUT2D eigenvalue weighted by molar-refractivity contribution is 6.30. The molecule has 3 aliphatic carbocycles. The van der Waals surface area contributed by atoms with Crippen molar-refractivity contribution in [1.82, 2.24) is 0 Å². The van der Waals surface area contributed by atoms with E-state index in [0.29, 0.717) is 0 Å². The van der Waals surface area contributed by atoms with Gasteiger partial charge in [-0.2, -0.15) is 0 Å². The fourth-order valence-corrected chi connectivity index (χ4v) is 6.83. The summed E-state index contributed by atoms with van der Waals surface area (Å²) >= 11 is 6.51. The molecule has 1 unspecified atom stereocenters. The smallest absolute Gasteiger partial charge is 0.0409 e. The second kappa shape index (κ2) is 7.84. The molecule has 1 heteroatoms. The van der Waals surface area contributed by atoms with Gasteiger partial charge in [0.1, 0.15) is 0 Å². The lowest BCUT2D eigenvalue weighted by Gasteiger charge is -2.38. The summed E-state index contributed by atoms with van der Waals surface area (Å²) in [7, 11) is 0. The van der Waals surface area contributed by atoms with Crippen molar-refractivity contribution < 1.29 is 0 Å². The van der Waals surface area contributed by atoms with Crippen molar-refractivity contribution in [2.24, 2.45) is 0 Å². The van der Waals surface area contributed by atoms with Crippen LogP contribution in [0.2, 0.25) is 5.02 Å². The van der Waals surface area contributed by atoms with Crippen molar-refractivity contribution in [3.8, 4) is 11.1 Å². The van der Waals surface area contributed by atoms with Crippen LogP contribution in [-0.4, -0.2) is 0 Å². The van der Waals surface area contributed by atoms with Crippen LogP contribution in [0.3, 0.4) is 0 Å². The highest BCUT2D eigenvalue weighted by atomic mass is 35.5. The Morgan fingerprint density at radius 2 is 1.66 bits per heavy atom. The SMILES string of the molecule is CCC1(C)CC2=CCC3=C(C=C2c2ccc(Cl)cc21)C(C)(C)c1cc(C)cc(-c2ccccc2)c13. The Labute approximate surface area is 215 Å². The van der Waals surface area contributed by atoms with Crippen LogP contribution in [0.25, 0.3) is 22.3 Å². The fraction of sp³-hybridized carbons (Fsp3) is 0.294. The van der Waals surface area contributed by atoms with Crippen molar-refractivity contribution >= 4 is 22.7 Å². The zero-order valence-corrected chi connectivity index (χ0v) is 22.2. The number of benzene rings is 3. The van der Waals surface area contributed by atoms with Crippen LogP contribution in [-0.2, 0) is 10.8 Å². The Bertz CT molecular complexity index is 1460. The standard InChI is InChI=1S/C34H33Cl/c1-6-34(5)20-23-12-14-26-29(19-27(23)25-15-13-24(35)18-30(25)34)33(3,4)31-17-21(2)16-28(32(26)31)22-10-8-7-9-11-22/h7-13,15-19H,6,14,20H2,1-5H3. The van der Waals surface area contributed by atoms with Crippen molar-refractivity contribution in [1.29, 1.82) is 0 Å². The summed E-state index contributed by atoms with van der Waals surface area (Å²) < 4.78 is 0. The van der Waals surface area contributed by atoms with Gasteiger partial charge >= 0.3 is 0 Å². The second-order valence-corrected chi connectivity index (χ2v) is 11.8. The van der Waals surface area contributed by atoms with E-state index in [9.17, 15) is 0 Å². The van der Waals surface area contributed by atoms with E-state index in [1.165, 1.54) is 61.2 Å². The van der Waals surface area contributed by atoms with Gasteiger partial charge in [-0.15, -0.1) is 0 Å². The Kier molecular flexibility index (Phi) is 5.07. The van der Waals surface area contributed by atoms with E-state index < -0.39 is 0 Å². The number of halogens is 1. The van der Waals surface area contributed by atoms with Gasteiger partial charge < -0.3 is 0 Å². The fourth-order valence-electron chi connectivity index (χ4n) is 6.66. The molecule has 0 saturated carbocycles. The maximum Gasteiger partial charge on any atom is 0.0409 e. The van der Waals surface area contributed by atoms with Gasteiger partial charge in [0.25, 0.3) is 0 Å². The van der Waals surface area contributed by atoms with Crippen LogP contribution in [0.4, 0.5) is 0 Å². The average molecular weight is 477 g/mol. The molecule has 3 aromatic rings. The van der Waals surface area contributed by atoms with Crippen LogP contribution in [0, 0.1) is 6.92 Å². The first kappa shape index (κ1) is 22.6. The Morgan fingerprint density at radius 3 is 2.40 bits per heavy atom. The highest BCUT2D eigenvalue weighted by Gasteiger charge is 2.41. The highest BCUT2D eigenvalue weighted by Crippen LogP contribution is 2.56. The largest absolute Gasteiger partial charge is 0.0843 e. The Balaban J connectivity index is 1.61. The zero-order chi connectivity index (χ0) is 24.5. The molecule has 0 fully saturated rings. The van der Waals surface area contributed by atoms with Crippen LogP contribution in [0.5, 0.6) is 0 Å². The average Bonchev–Trinajstić information content (AvgIpc) is 2.96. The normalized spacial score (nSPS) is 21.9. The minimum absolute atomic E-state index is 0.0470. The monoisotopic (exact) mass is 476 g/mol. The third-order valence-electron chi connectivity index (χ3n) is 8.81. The third kappa shape index (κ3) is 3.34. The summed E-state index contributed by atoms with van der Waals surface area (Å²) in [5, 5.41) is 0.835. The lowest BCUT2D eigenvalue weighted by atomic mass is 9.65. The molecule has 0 saturated heterocycles. The molecule has 0 amide bonds. The van der Waals surface area contributed by atoms with Gasteiger partial charge in [0.15, 0.2) is 0 Å². The van der Waals surface area contributed by atoms with Crippen molar-refractivity contribution in [2.45, 2.75) is 64.7 Å². The molecule has 0 bridgehead atoms. The quantitative estimate of drug-likeness (QED) is 0.345. The molecule has 0 heterocycles. The van der Waals surface area contributed by atoms with E-state index in [2.05, 4.69) is 107 Å². The lowest BCUT2D eigenvalue weighted by Crippen LogP contribution is -2.28. The van der Waals surface area contributed by atoms with Gasteiger partial charge in [-0.1, -0.05) is 99.5 Å². The van der Waals surface area contributed by atoms with Gasteiger partial charge in [0.2, 0.25) is 0 Å². The molecule has 176 valence electrons. The van der Waals surface area contributed by atoms with Crippen LogP contribution in [0.1, 0.15) is 74.8 Å². The first-order valence-corrected chi connectivity index (χ1v) is 13.3. The maximum absolute atomic E-state index is 6.51. The predicted molar refractivity (Wildman–Crippen MR) is 151 cm³/mol. The summed E-state index contributed by atoms with van der Waals surface area (Å²) in [4.78, 5) is 0. The molecule has 6 rings (SSSR count). The number of allylic oxidation sites excluding steroid dienone is 6. The summed E-state index contributed by atoms with van der Waals surface area (Å²) in [6.07, 6.45) is 8.20. The molecule has 3 aliphatic rings. The molecule has 0 N–H and O–H groups in total. The molecule has 0 aromatic heterocycles. The van der Waals surface area contributed by atoms with Crippen molar-refractivity contribution in [3.63, 3.8) is 0 Å². The van der Waals surface area contributed by atoms with E-state index in [4.69, 9.17) is 11.6 Å². The topological polar surface area (TPSA) is 0 Å². The molecular formula is C34H33Cl. The van der Waals surface area contributed by atoms with Crippen molar-refractivity contribution in [2.75, 3.05) is 0 Å². The summed E-state index contributed by atoms with van der Waals surface area (Å²) in [6.45, 7) is 11.8. The number of aryl methyl sites for hydroxylation is 1. The first-order chi connectivity index (χ1) is 16.7. The lowest BCUT2D eigenvalue weighted by molar-refractivity contribution is 0.446. The summed E-state index contributed by atoms with van der Waals surface area (Å²) in [5.41, 5.74) is 15.6. The van der Waals surface area contributed by atoms with E-state index in [1.54, 1.807) is 0 Å². The maximum atomic E-state index is 6.51. The van der Waals surface area contributed by atoms with E-state index in [0.717, 1.165) is 24.3 Å². The Morgan fingerprint density at radius 1 is 0.886 bits per heavy atom. The number of hydrogen-bond acceptors (Lipinski definition) is 0. The van der Waals surface area contributed by atoms with Gasteiger partial charge in [-0.25, -0.2) is 0 Å². The predicted octanol–water partition coefficient (Wildman–Crippen LogP) is 9.85. The van der Waals surface area contributed by atoms with Gasteiger partial charge in [0, 0.05) is 10.4 Å². The van der Waals surface area contributed by atoms with Gasteiger partial charge in [0.05, 0.1) is 0 Å². The minimum atomic E-state index is -0.0470. The molecule has 0 radical (unpaired) electrons. The second-order valence-electron chi connectivity index (χ2n) is 11.4. The van der Waals surface area contributed by atoms with Gasteiger partial charge in [-0.3, -0.25) is 0 Å². The summed E-state index contributed by atoms with van der Waals surface area (Å²) in [5.74, 6) is 0. The Hall–Kier alpha value is -2.83. The third-order valence-corrected chi connectivity index (χ3v) is 9.05. The molecular weight excluding hydrogens is 444 g/mol. The zero-order valence-electron chi connectivity index (χ0n) is 21.4. The van der Waals surface area contributed by atoms with Gasteiger partial charge in [-0.05, 0) is 105 Å². The van der Waals surface area contributed by atoms with E-state index in [-0.39, 0.29) is 10.8 Å². The molecule has 1 atom stereocenters. The first-order valence-electron chi connectivity index (χ1n) is 12.9. The van der Waals surface area contributed by atoms with E-state index >= 15 is 0 Å².